The molecule has 0 amide bonds. The van der Waals surface area contributed by atoms with Crippen molar-refractivity contribution in [1.82, 2.24) is 0 Å². The largest absolute Gasteiger partial charge is 0.491 e. The number of benzene rings is 1. The van der Waals surface area contributed by atoms with Crippen molar-refractivity contribution in [2.75, 3.05) is 6.61 Å². The van der Waals surface area contributed by atoms with Crippen LogP contribution in [0.5, 0.6) is 5.75 Å². The summed E-state index contributed by atoms with van der Waals surface area (Å²) < 4.78 is 75.0. The lowest BCUT2D eigenvalue weighted by atomic mass is 9.79. The van der Waals surface area contributed by atoms with Gasteiger partial charge in [-0.1, -0.05) is 19.8 Å². The first-order chi connectivity index (χ1) is 12.4. The van der Waals surface area contributed by atoms with Crippen LogP contribution in [0.25, 0.3) is 5.83 Å². The second kappa shape index (κ2) is 9.38. The Hall–Kier alpha value is -1.59. The van der Waals surface area contributed by atoms with Gasteiger partial charge in [-0.2, -0.15) is 0 Å². The van der Waals surface area contributed by atoms with Crippen LogP contribution in [0.15, 0.2) is 18.0 Å². The van der Waals surface area contributed by atoms with Crippen LogP contribution in [0, 0.1) is 17.7 Å². The number of allylic oxidation sites excluding steroid dienone is 1. The van der Waals surface area contributed by atoms with Crippen molar-refractivity contribution in [2.45, 2.75) is 58.8 Å². The lowest BCUT2D eigenvalue weighted by Crippen LogP contribution is -2.15. The molecule has 26 heavy (non-hydrogen) atoms. The van der Waals surface area contributed by atoms with Gasteiger partial charge in [0.15, 0.2) is 17.4 Å². The normalized spacial score (nSPS) is 21.7. The van der Waals surface area contributed by atoms with Crippen LogP contribution in [-0.4, -0.2) is 6.61 Å². The number of hydrogen-bond donors (Lipinski definition) is 0. The summed E-state index contributed by atoms with van der Waals surface area (Å²) in [6.45, 7) is 3.73. The second-order valence-electron chi connectivity index (χ2n) is 6.74. The molecule has 1 fully saturated rings. The molecule has 0 aliphatic heterocycles. The molecule has 6 heteroatoms. The van der Waals surface area contributed by atoms with Crippen molar-refractivity contribution >= 4 is 5.83 Å². The summed E-state index contributed by atoms with van der Waals surface area (Å²) in [5.41, 5.74) is -1.88. The number of hydrogen-bond acceptors (Lipinski definition) is 1. The molecule has 0 N–H and O–H groups in total. The van der Waals surface area contributed by atoms with Crippen LogP contribution in [0.3, 0.4) is 0 Å². The third kappa shape index (κ3) is 4.57. The standard InChI is InChI=1S/C20H25F5O/c1-3-5-12-6-8-13(9-7-12)17(21)18(22)14-10-11-15(26-4-2)19(23)16(14)20(24)25/h10-13,20H,3-9H2,1-2H3. The molecule has 2 rings (SSSR count). The first-order valence-corrected chi connectivity index (χ1v) is 9.19. The van der Waals surface area contributed by atoms with Gasteiger partial charge >= 0.3 is 0 Å². The van der Waals surface area contributed by atoms with E-state index in [4.69, 9.17) is 4.74 Å². The fourth-order valence-electron chi connectivity index (χ4n) is 3.67. The Balaban J connectivity index is 2.31. The summed E-state index contributed by atoms with van der Waals surface area (Å²) in [7, 11) is 0. The number of alkyl halides is 2. The number of ether oxygens (including phenoxy) is 1. The fourth-order valence-corrected chi connectivity index (χ4v) is 3.67. The molecule has 1 aliphatic carbocycles. The molecule has 1 aliphatic rings. The Kier molecular flexibility index (Phi) is 7.47. The highest BCUT2D eigenvalue weighted by atomic mass is 19.3. The highest BCUT2D eigenvalue weighted by molar-refractivity contribution is 5.66. The first-order valence-electron chi connectivity index (χ1n) is 9.19. The van der Waals surface area contributed by atoms with Gasteiger partial charge in [-0.15, -0.1) is 0 Å². The summed E-state index contributed by atoms with van der Waals surface area (Å²) >= 11 is 0. The highest BCUT2D eigenvalue weighted by Crippen LogP contribution is 2.42. The van der Waals surface area contributed by atoms with Gasteiger partial charge in [0.2, 0.25) is 0 Å². The van der Waals surface area contributed by atoms with Gasteiger partial charge in [0, 0.05) is 11.5 Å². The van der Waals surface area contributed by atoms with Crippen LogP contribution in [0.2, 0.25) is 0 Å². The van der Waals surface area contributed by atoms with E-state index in [1.807, 2.05) is 0 Å². The molecular formula is C20H25F5O. The molecule has 0 aromatic heterocycles. The second-order valence-corrected chi connectivity index (χ2v) is 6.74. The summed E-state index contributed by atoms with van der Waals surface area (Å²) in [5, 5.41) is 0. The first kappa shape index (κ1) is 20.7. The van der Waals surface area contributed by atoms with Crippen molar-refractivity contribution in [1.29, 1.82) is 0 Å². The Morgan fingerprint density at radius 2 is 1.77 bits per heavy atom. The minimum absolute atomic E-state index is 0.0760. The minimum Gasteiger partial charge on any atom is -0.491 e. The fraction of sp³-hybridized carbons (Fsp3) is 0.600. The lowest BCUT2D eigenvalue weighted by Gasteiger charge is -2.27. The summed E-state index contributed by atoms with van der Waals surface area (Å²) in [5.74, 6) is -4.30. The van der Waals surface area contributed by atoms with Gasteiger partial charge < -0.3 is 4.74 Å². The van der Waals surface area contributed by atoms with E-state index in [0.29, 0.717) is 18.8 Å². The van der Waals surface area contributed by atoms with Gasteiger partial charge in [0.05, 0.1) is 12.2 Å². The van der Waals surface area contributed by atoms with Gasteiger partial charge in [-0.05, 0) is 50.7 Å². The molecule has 0 bridgehead atoms. The van der Waals surface area contributed by atoms with Crippen molar-refractivity contribution in [2.24, 2.45) is 11.8 Å². The van der Waals surface area contributed by atoms with E-state index >= 15 is 0 Å². The summed E-state index contributed by atoms with van der Waals surface area (Å²) in [6.07, 6.45) is 1.37. The molecule has 1 nitrogen and oxygen atoms in total. The van der Waals surface area contributed by atoms with E-state index in [1.54, 1.807) is 6.92 Å². The highest BCUT2D eigenvalue weighted by Gasteiger charge is 2.30. The Labute approximate surface area is 151 Å². The zero-order valence-corrected chi connectivity index (χ0v) is 15.1. The molecule has 0 spiro atoms. The minimum atomic E-state index is -3.27. The summed E-state index contributed by atoms with van der Waals surface area (Å²) in [4.78, 5) is 0. The molecule has 0 heterocycles. The topological polar surface area (TPSA) is 9.23 Å². The van der Waals surface area contributed by atoms with Crippen LogP contribution >= 0.6 is 0 Å². The van der Waals surface area contributed by atoms with Gasteiger partial charge in [-0.3, -0.25) is 0 Å². The van der Waals surface area contributed by atoms with Crippen molar-refractivity contribution in [3.63, 3.8) is 0 Å². The molecular weight excluding hydrogens is 351 g/mol. The number of halogens is 5. The van der Waals surface area contributed by atoms with Crippen LogP contribution < -0.4 is 4.74 Å². The molecule has 0 saturated heterocycles. The molecule has 0 atom stereocenters. The monoisotopic (exact) mass is 376 g/mol. The Morgan fingerprint density at radius 1 is 1.12 bits per heavy atom. The smallest absolute Gasteiger partial charge is 0.267 e. The van der Waals surface area contributed by atoms with Gasteiger partial charge in [0.1, 0.15) is 5.83 Å². The maximum atomic E-state index is 14.6. The predicted molar refractivity (Wildman–Crippen MR) is 92.0 cm³/mol. The van der Waals surface area contributed by atoms with E-state index in [-0.39, 0.29) is 12.4 Å². The van der Waals surface area contributed by atoms with Gasteiger partial charge in [-0.25, -0.2) is 22.0 Å². The maximum Gasteiger partial charge on any atom is 0.267 e. The van der Waals surface area contributed by atoms with E-state index < -0.39 is 40.9 Å². The third-order valence-electron chi connectivity index (χ3n) is 5.01. The average Bonchev–Trinajstić information content (AvgIpc) is 2.62. The summed E-state index contributed by atoms with van der Waals surface area (Å²) in [6, 6.07) is 2.03. The van der Waals surface area contributed by atoms with Crippen molar-refractivity contribution < 1.29 is 26.7 Å². The van der Waals surface area contributed by atoms with E-state index in [0.717, 1.165) is 37.8 Å². The van der Waals surface area contributed by atoms with E-state index in [2.05, 4.69) is 6.92 Å². The molecule has 146 valence electrons. The quantitative estimate of drug-likeness (QED) is 0.451. The third-order valence-corrected chi connectivity index (χ3v) is 5.01. The van der Waals surface area contributed by atoms with Crippen LogP contribution in [0.1, 0.15) is 69.9 Å². The Bertz CT molecular complexity index is 633. The molecule has 1 saturated carbocycles. The number of rotatable bonds is 7. The molecule has 0 radical (unpaired) electrons. The van der Waals surface area contributed by atoms with Crippen molar-refractivity contribution in [3.8, 4) is 5.75 Å². The maximum absolute atomic E-state index is 14.6. The average molecular weight is 376 g/mol. The lowest BCUT2D eigenvalue weighted by molar-refractivity contribution is 0.144. The SMILES string of the molecule is CCCC1CCC(C(F)=C(F)c2ccc(OCC)c(F)c2C(F)F)CC1. The predicted octanol–water partition coefficient (Wildman–Crippen LogP) is 7.38. The Morgan fingerprint density at radius 3 is 2.31 bits per heavy atom. The van der Waals surface area contributed by atoms with E-state index in [9.17, 15) is 22.0 Å². The zero-order valence-electron chi connectivity index (χ0n) is 15.1. The van der Waals surface area contributed by atoms with Crippen LogP contribution in [-0.2, 0) is 0 Å². The molecule has 0 unspecified atom stereocenters. The van der Waals surface area contributed by atoms with E-state index in [1.165, 1.54) is 0 Å². The van der Waals surface area contributed by atoms with Crippen LogP contribution in [0.4, 0.5) is 22.0 Å². The molecule has 1 aromatic rings. The van der Waals surface area contributed by atoms with Gasteiger partial charge in [0.25, 0.3) is 6.43 Å². The molecule has 1 aromatic carbocycles. The zero-order chi connectivity index (χ0) is 19.3. The van der Waals surface area contributed by atoms with Crippen molar-refractivity contribution in [3.05, 3.63) is 34.9 Å².